The van der Waals surface area contributed by atoms with E-state index in [-0.39, 0.29) is 30.3 Å². The summed E-state index contributed by atoms with van der Waals surface area (Å²) in [6, 6.07) is 16.8. The molecule has 0 fully saturated rings. The van der Waals surface area contributed by atoms with Gasteiger partial charge in [0.05, 0.1) is 26.5 Å². The van der Waals surface area contributed by atoms with E-state index in [1.807, 2.05) is 13.0 Å². The van der Waals surface area contributed by atoms with E-state index in [1.54, 1.807) is 74.6 Å². The number of hydrogen-bond acceptors (Lipinski definition) is 5. The van der Waals surface area contributed by atoms with Gasteiger partial charge in [-0.3, -0.25) is 9.69 Å². The second kappa shape index (κ2) is 11.3. The largest absolute Gasteiger partial charge is 0.493 e. The number of anilines is 1. The molecule has 2 atom stereocenters. The number of hydrogen-bond donors (Lipinski definition) is 1. The van der Waals surface area contributed by atoms with E-state index in [2.05, 4.69) is 5.32 Å². The average Bonchev–Trinajstić information content (AvgIpc) is 2.91. The third-order valence-corrected chi connectivity index (χ3v) is 6.58. The van der Waals surface area contributed by atoms with E-state index in [0.717, 1.165) is 5.56 Å². The van der Waals surface area contributed by atoms with Crippen LogP contribution in [0.2, 0.25) is 0 Å². The van der Waals surface area contributed by atoms with Crippen molar-refractivity contribution in [3.05, 3.63) is 77.6 Å². The molecule has 0 radical (unpaired) electrons. The minimum atomic E-state index is -0.434. The summed E-state index contributed by atoms with van der Waals surface area (Å²) in [6.45, 7) is 4.31. The van der Waals surface area contributed by atoms with E-state index in [0.29, 0.717) is 46.8 Å². The molecule has 3 aromatic carbocycles. The first-order valence-corrected chi connectivity index (χ1v) is 12.2. The van der Waals surface area contributed by atoms with Crippen molar-refractivity contribution in [3.8, 4) is 22.6 Å². The molecule has 8 heteroatoms. The molecule has 1 aliphatic rings. The van der Waals surface area contributed by atoms with Crippen LogP contribution in [0.25, 0.3) is 11.1 Å². The fourth-order valence-electron chi connectivity index (χ4n) is 4.81. The molecule has 0 spiro atoms. The Morgan fingerprint density at radius 2 is 1.76 bits per heavy atom. The summed E-state index contributed by atoms with van der Waals surface area (Å²) in [5.74, 6) is 0.337. The number of nitrogens with zero attached hydrogens (tertiary/aromatic N) is 1. The molecule has 1 heterocycles. The fourth-order valence-corrected chi connectivity index (χ4v) is 4.81. The van der Waals surface area contributed by atoms with E-state index in [1.165, 1.54) is 6.07 Å². The predicted molar refractivity (Wildman–Crippen MR) is 140 cm³/mol. The third kappa shape index (κ3) is 5.38. The van der Waals surface area contributed by atoms with Gasteiger partial charge in [0.25, 0.3) is 5.91 Å². The topological polar surface area (TPSA) is 77.1 Å². The molecule has 0 aliphatic carbocycles. The fraction of sp³-hybridized carbons (Fsp3) is 0.310. The number of methoxy groups -OCH3 is 2. The summed E-state index contributed by atoms with van der Waals surface area (Å²) in [7, 11) is 3.09. The van der Waals surface area contributed by atoms with Gasteiger partial charge in [0.15, 0.2) is 11.5 Å². The van der Waals surface area contributed by atoms with E-state index in [9.17, 15) is 14.0 Å². The zero-order chi connectivity index (χ0) is 26.5. The summed E-state index contributed by atoms with van der Waals surface area (Å²) in [4.78, 5) is 27.5. The van der Waals surface area contributed by atoms with Crippen molar-refractivity contribution in [2.24, 2.45) is 0 Å². The number of carbonyl (C=O) groups excluding carboxylic acids is 2. The maximum atomic E-state index is 14.3. The minimum Gasteiger partial charge on any atom is -0.493 e. The normalized spacial score (nSPS) is 16.5. The van der Waals surface area contributed by atoms with Crippen LogP contribution < -0.4 is 19.7 Å². The lowest BCUT2D eigenvalue weighted by Crippen LogP contribution is -2.45. The molecule has 194 valence electrons. The lowest BCUT2D eigenvalue weighted by atomic mass is 9.85. The van der Waals surface area contributed by atoms with Gasteiger partial charge >= 0.3 is 6.09 Å². The quantitative estimate of drug-likeness (QED) is 0.440. The highest BCUT2D eigenvalue weighted by molar-refractivity contribution is 5.95. The van der Waals surface area contributed by atoms with Gasteiger partial charge in [-0.2, -0.15) is 0 Å². The van der Waals surface area contributed by atoms with E-state index >= 15 is 0 Å². The molecule has 7 nitrogen and oxygen atoms in total. The van der Waals surface area contributed by atoms with Crippen LogP contribution in [0.5, 0.6) is 11.5 Å². The SMILES string of the molecule is CCOC(=O)N1c2cc(OC)c(OC)cc2C(CNC(=O)c2cccc(-c3ccccc3F)c2)CC1C. The number of halogens is 1. The first-order valence-electron chi connectivity index (χ1n) is 12.2. The Bertz CT molecular complexity index is 1300. The van der Waals surface area contributed by atoms with Crippen LogP contribution in [0.1, 0.15) is 42.1 Å². The average molecular weight is 507 g/mol. The molecule has 0 saturated heterocycles. The molecule has 0 bridgehead atoms. The molecule has 2 unspecified atom stereocenters. The van der Waals surface area contributed by atoms with Crippen LogP contribution in [0, 0.1) is 5.82 Å². The molecule has 4 rings (SSSR count). The van der Waals surface area contributed by atoms with Gasteiger partial charge in [-0.05, 0) is 55.7 Å². The Labute approximate surface area is 216 Å². The van der Waals surface area contributed by atoms with Crippen LogP contribution in [-0.4, -0.2) is 45.4 Å². The van der Waals surface area contributed by atoms with Gasteiger partial charge in [0.2, 0.25) is 0 Å². The third-order valence-electron chi connectivity index (χ3n) is 6.58. The van der Waals surface area contributed by atoms with Crippen molar-refractivity contribution in [1.82, 2.24) is 5.32 Å². The van der Waals surface area contributed by atoms with Gasteiger partial charge < -0.3 is 19.5 Å². The van der Waals surface area contributed by atoms with Gasteiger partial charge in [-0.1, -0.05) is 30.3 Å². The van der Waals surface area contributed by atoms with Gasteiger partial charge in [-0.25, -0.2) is 9.18 Å². The Balaban J connectivity index is 1.60. The Morgan fingerprint density at radius 3 is 2.46 bits per heavy atom. The number of nitrogens with one attached hydrogen (secondary N) is 1. The van der Waals surface area contributed by atoms with Crippen molar-refractivity contribution in [2.45, 2.75) is 32.2 Å². The molecule has 1 N–H and O–H groups in total. The van der Waals surface area contributed by atoms with Crippen molar-refractivity contribution in [3.63, 3.8) is 0 Å². The lowest BCUT2D eigenvalue weighted by molar-refractivity contribution is 0.0949. The summed E-state index contributed by atoms with van der Waals surface area (Å²) < 4.78 is 30.6. The van der Waals surface area contributed by atoms with Crippen LogP contribution in [0.3, 0.4) is 0 Å². The summed E-state index contributed by atoms with van der Waals surface area (Å²) in [5.41, 5.74) is 3.02. The van der Waals surface area contributed by atoms with Crippen LogP contribution in [0.15, 0.2) is 60.7 Å². The first kappa shape index (κ1) is 26.0. The van der Waals surface area contributed by atoms with Gasteiger partial charge in [-0.15, -0.1) is 0 Å². The number of benzene rings is 3. The van der Waals surface area contributed by atoms with Gasteiger partial charge in [0.1, 0.15) is 5.82 Å². The second-order valence-electron chi connectivity index (χ2n) is 8.89. The molecular formula is C29H31FN2O5. The maximum absolute atomic E-state index is 14.3. The summed E-state index contributed by atoms with van der Waals surface area (Å²) in [5, 5.41) is 3.02. The molecule has 1 aliphatic heterocycles. The standard InChI is InChI=1S/C29H31FN2O5/c1-5-37-29(34)32-18(2)13-21(23-15-26(35-3)27(36-4)16-25(23)32)17-31-28(33)20-10-8-9-19(14-20)22-11-6-7-12-24(22)30/h6-12,14-16,18,21H,5,13,17H2,1-4H3,(H,31,33). The van der Waals surface area contributed by atoms with Gasteiger partial charge in [0, 0.05) is 35.7 Å². The number of carbonyl (C=O) groups is 2. The predicted octanol–water partition coefficient (Wildman–Crippen LogP) is 5.78. The maximum Gasteiger partial charge on any atom is 0.414 e. The lowest BCUT2D eigenvalue weighted by Gasteiger charge is -2.39. The molecule has 2 amide bonds. The van der Waals surface area contributed by atoms with Crippen molar-refractivity contribution >= 4 is 17.7 Å². The van der Waals surface area contributed by atoms with E-state index in [4.69, 9.17) is 14.2 Å². The Hall–Kier alpha value is -4.07. The highest BCUT2D eigenvalue weighted by Crippen LogP contribution is 2.44. The number of amides is 2. The van der Waals surface area contributed by atoms with Crippen LogP contribution in [-0.2, 0) is 4.74 Å². The zero-order valence-corrected chi connectivity index (χ0v) is 21.4. The van der Waals surface area contributed by atoms with Crippen LogP contribution >= 0.6 is 0 Å². The smallest absolute Gasteiger partial charge is 0.414 e. The van der Waals surface area contributed by atoms with Crippen molar-refractivity contribution in [2.75, 3.05) is 32.3 Å². The monoisotopic (exact) mass is 506 g/mol. The number of ether oxygens (including phenoxy) is 3. The first-order chi connectivity index (χ1) is 17.9. The number of rotatable bonds is 7. The Morgan fingerprint density at radius 1 is 1.03 bits per heavy atom. The van der Waals surface area contributed by atoms with Crippen molar-refractivity contribution < 1.29 is 28.2 Å². The second-order valence-corrected chi connectivity index (χ2v) is 8.89. The summed E-state index contributed by atoms with van der Waals surface area (Å²) in [6.07, 6.45) is 0.174. The van der Waals surface area contributed by atoms with Crippen molar-refractivity contribution in [1.29, 1.82) is 0 Å². The zero-order valence-electron chi connectivity index (χ0n) is 21.4. The highest BCUT2D eigenvalue weighted by atomic mass is 19.1. The Kier molecular flexibility index (Phi) is 7.96. The molecule has 0 saturated carbocycles. The minimum absolute atomic E-state index is 0.0887. The molecule has 3 aromatic rings. The molecular weight excluding hydrogens is 475 g/mol. The van der Waals surface area contributed by atoms with E-state index < -0.39 is 6.09 Å². The number of fused-ring (bicyclic) bond motifs is 1. The highest BCUT2D eigenvalue weighted by Gasteiger charge is 2.36. The molecule has 0 aromatic heterocycles. The summed E-state index contributed by atoms with van der Waals surface area (Å²) >= 11 is 0. The van der Waals surface area contributed by atoms with Crippen LogP contribution in [0.4, 0.5) is 14.9 Å². The molecule has 37 heavy (non-hydrogen) atoms.